The van der Waals surface area contributed by atoms with Crippen molar-refractivity contribution in [2.45, 2.75) is 30.7 Å². The van der Waals surface area contributed by atoms with Crippen LogP contribution in [0.3, 0.4) is 0 Å². The van der Waals surface area contributed by atoms with Crippen LogP contribution in [0, 0.1) is 0 Å². The number of hydrogen-bond acceptors (Lipinski definition) is 9. The number of aliphatic hydroxyl groups excluding tert-OH is 4. The minimum Gasteiger partial charge on any atom is -0.482 e. The van der Waals surface area contributed by atoms with Crippen LogP contribution in [-0.4, -0.2) is 76.5 Å². The van der Waals surface area contributed by atoms with E-state index < -0.39 is 43.2 Å². The lowest BCUT2D eigenvalue weighted by Crippen LogP contribution is -2.60. The number of carbonyl (C=O) groups excluding carboxylic acids is 1. The third kappa shape index (κ3) is 6.78. The zero-order valence-corrected chi connectivity index (χ0v) is 18.6. The van der Waals surface area contributed by atoms with Crippen molar-refractivity contribution in [1.29, 1.82) is 0 Å². The largest absolute Gasteiger partial charge is 0.482 e. The standard InChI is InChI=1S/C21H22Cl2N2O8/c22-12-3-6-15(14(23)7-12)31-10-17(27)25-24-8-11-1-4-13(5-2-11)32-21-20(30)19(29)18(28)16(9-26)33-21/h1-8,16,18-21,26,28-30H,9-10H2,(H,25,27)/b24-8-/t16-,18-,19+,20-,21-/m0/s1. The molecule has 2 aromatic rings. The van der Waals surface area contributed by atoms with Crippen LogP contribution in [0.15, 0.2) is 47.6 Å². The van der Waals surface area contributed by atoms with Gasteiger partial charge in [-0.05, 0) is 48.0 Å². The molecule has 1 saturated heterocycles. The van der Waals surface area contributed by atoms with Crippen molar-refractivity contribution in [2.75, 3.05) is 13.2 Å². The average Bonchev–Trinajstić information content (AvgIpc) is 2.80. The van der Waals surface area contributed by atoms with Crippen molar-refractivity contribution in [3.05, 3.63) is 58.1 Å². The first-order chi connectivity index (χ1) is 15.8. The Labute approximate surface area is 198 Å². The van der Waals surface area contributed by atoms with Crippen molar-refractivity contribution in [1.82, 2.24) is 5.43 Å². The Morgan fingerprint density at radius 1 is 1.09 bits per heavy atom. The van der Waals surface area contributed by atoms with E-state index in [9.17, 15) is 25.2 Å². The zero-order chi connectivity index (χ0) is 24.0. The highest BCUT2D eigenvalue weighted by atomic mass is 35.5. The molecule has 2 aromatic carbocycles. The highest BCUT2D eigenvalue weighted by Crippen LogP contribution is 2.27. The highest BCUT2D eigenvalue weighted by molar-refractivity contribution is 6.35. The Balaban J connectivity index is 1.48. The fraction of sp³-hybridized carbons (Fsp3) is 0.333. The molecule has 33 heavy (non-hydrogen) atoms. The normalized spacial score (nSPS) is 25.1. The van der Waals surface area contributed by atoms with E-state index in [1.54, 1.807) is 36.4 Å². The van der Waals surface area contributed by atoms with E-state index in [0.29, 0.717) is 22.1 Å². The van der Waals surface area contributed by atoms with Crippen LogP contribution < -0.4 is 14.9 Å². The van der Waals surface area contributed by atoms with Crippen molar-refractivity contribution < 1.29 is 39.4 Å². The first kappa shape index (κ1) is 25.2. The Morgan fingerprint density at radius 2 is 1.82 bits per heavy atom. The molecule has 5 atom stereocenters. The first-order valence-electron chi connectivity index (χ1n) is 9.75. The van der Waals surface area contributed by atoms with Gasteiger partial charge in [-0.25, -0.2) is 5.43 Å². The van der Waals surface area contributed by atoms with Gasteiger partial charge in [0, 0.05) is 5.02 Å². The number of benzene rings is 2. The van der Waals surface area contributed by atoms with E-state index in [-0.39, 0.29) is 11.6 Å². The van der Waals surface area contributed by atoms with Crippen LogP contribution >= 0.6 is 23.2 Å². The van der Waals surface area contributed by atoms with Crippen LogP contribution in [0.25, 0.3) is 0 Å². The van der Waals surface area contributed by atoms with E-state index in [4.69, 9.17) is 37.4 Å². The van der Waals surface area contributed by atoms with E-state index >= 15 is 0 Å². The van der Waals surface area contributed by atoms with E-state index in [2.05, 4.69) is 10.5 Å². The van der Waals surface area contributed by atoms with Gasteiger partial charge < -0.3 is 34.6 Å². The SMILES string of the molecule is O=C(COc1ccc(Cl)cc1Cl)N/N=C\c1ccc(O[C@H]2O[C@@H](CO)[C@H](O)[C@@H](O)[C@@H]2O)cc1. The fourth-order valence-corrected chi connectivity index (χ4v) is 3.34. The third-order valence-corrected chi connectivity index (χ3v) is 5.17. The highest BCUT2D eigenvalue weighted by Gasteiger charge is 2.44. The Hall–Kier alpha value is -2.44. The molecule has 1 fully saturated rings. The minimum absolute atomic E-state index is 0.282. The third-order valence-electron chi connectivity index (χ3n) is 4.64. The summed E-state index contributed by atoms with van der Waals surface area (Å²) < 4.78 is 16.1. The summed E-state index contributed by atoms with van der Waals surface area (Å²) in [6.45, 7) is -0.853. The minimum atomic E-state index is -1.53. The molecule has 3 rings (SSSR count). The summed E-state index contributed by atoms with van der Waals surface area (Å²) in [6.07, 6.45) is -5.46. The maximum Gasteiger partial charge on any atom is 0.277 e. The van der Waals surface area contributed by atoms with Crippen molar-refractivity contribution in [3.8, 4) is 11.5 Å². The molecule has 0 aromatic heterocycles. The van der Waals surface area contributed by atoms with Crippen molar-refractivity contribution in [2.24, 2.45) is 5.10 Å². The second kappa shape index (κ2) is 11.6. The second-order valence-corrected chi connectivity index (χ2v) is 7.88. The number of amides is 1. The summed E-state index contributed by atoms with van der Waals surface area (Å²) in [5, 5.41) is 43.4. The van der Waals surface area contributed by atoms with Crippen molar-refractivity contribution in [3.63, 3.8) is 0 Å². The number of ether oxygens (including phenoxy) is 3. The maximum absolute atomic E-state index is 11.9. The van der Waals surface area contributed by atoms with E-state index in [1.807, 2.05) is 0 Å². The molecule has 1 heterocycles. The lowest BCUT2D eigenvalue weighted by atomic mass is 9.99. The summed E-state index contributed by atoms with van der Waals surface area (Å²) in [4.78, 5) is 11.9. The second-order valence-electron chi connectivity index (χ2n) is 7.04. The molecule has 5 N–H and O–H groups in total. The molecule has 1 aliphatic heterocycles. The van der Waals surface area contributed by atoms with E-state index in [0.717, 1.165) is 0 Å². The lowest BCUT2D eigenvalue weighted by Gasteiger charge is -2.39. The number of nitrogens with zero attached hydrogens (tertiary/aromatic N) is 1. The average molecular weight is 501 g/mol. The molecular formula is C21H22Cl2N2O8. The first-order valence-corrected chi connectivity index (χ1v) is 10.5. The van der Waals surface area contributed by atoms with Gasteiger partial charge in [0.05, 0.1) is 17.8 Å². The monoisotopic (exact) mass is 500 g/mol. The number of halogens is 2. The van der Waals surface area contributed by atoms with Gasteiger partial charge in [-0.3, -0.25) is 4.79 Å². The molecule has 0 radical (unpaired) electrons. The molecule has 1 amide bonds. The van der Waals surface area contributed by atoms with E-state index in [1.165, 1.54) is 12.3 Å². The van der Waals surface area contributed by atoms with Crippen LogP contribution in [0.5, 0.6) is 11.5 Å². The van der Waals surface area contributed by atoms with Gasteiger partial charge in [-0.1, -0.05) is 23.2 Å². The van der Waals surface area contributed by atoms with Gasteiger partial charge in [0.2, 0.25) is 6.29 Å². The Kier molecular flexibility index (Phi) is 8.87. The quantitative estimate of drug-likeness (QED) is 0.262. The maximum atomic E-state index is 11.9. The number of rotatable bonds is 8. The van der Waals surface area contributed by atoms with Crippen LogP contribution in [0.4, 0.5) is 0 Å². The number of carbonyl (C=O) groups is 1. The predicted molar refractivity (Wildman–Crippen MR) is 119 cm³/mol. The molecule has 1 aliphatic rings. The molecule has 12 heteroatoms. The van der Waals surface area contributed by atoms with Gasteiger partial charge in [-0.15, -0.1) is 0 Å². The van der Waals surface area contributed by atoms with Gasteiger partial charge in [0.1, 0.15) is 35.9 Å². The number of nitrogens with one attached hydrogen (secondary N) is 1. The summed E-state index contributed by atoms with van der Waals surface area (Å²) in [5.74, 6) is 0.115. The zero-order valence-electron chi connectivity index (χ0n) is 17.0. The molecule has 178 valence electrons. The molecule has 0 bridgehead atoms. The van der Waals surface area contributed by atoms with Gasteiger partial charge in [-0.2, -0.15) is 5.10 Å². The van der Waals surface area contributed by atoms with Crippen LogP contribution in [0.1, 0.15) is 5.56 Å². The van der Waals surface area contributed by atoms with Gasteiger partial charge in [0.15, 0.2) is 6.61 Å². The number of aliphatic hydroxyl groups is 4. The molecule has 10 nitrogen and oxygen atoms in total. The van der Waals surface area contributed by atoms with Gasteiger partial charge >= 0.3 is 0 Å². The van der Waals surface area contributed by atoms with Gasteiger partial charge in [0.25, 0.3) is 5.91 Å². The van der Waals surface area contributed by atoms with Crippen molar-refractivity contribution >= 4 is 35.3 Å². The topological polar surface area (TPSA) is 150 Å². The summed E-state index contributed by atoms with van der Waals surface area (Å²) in [6, 6.07) is 11.0. The lowest BCUT2D eigenvalue weighted by molar-refractivity contribution is -0.277. The summed E-state index contributed by atoms with van der Waals surface area (Å²) in [5.41, 5.74) is 2.94. The molecular weight excluding hydrogens is 479 g/mol. The smallest absolute Gasteiger partial charge is 0.277 e. The molecule has 0 saturated carbocycles. The van der Waals surface area contributed by atoms with Crippen LogP contribution in [-0.2, 0) is 9.53 Å². The molecule has 0 unspecified atom stereocenters. The summed E-state index contributed by atoms with van der Waals surface area (Å²) >= 11 is 11.8. The molecule has 0 spiro atoms. The Morgan fingerprint density at radius 3 is 2.48 bits per heavy atom. The number of hydrogen-bond donors (Lipinski definition) is 5. The van der Waals surface area contributed by atoms with Crippen LogP contribution in [0.2, 0.25) is 10.0 Å². The molecule has 0 aliphatic carbocycles. The number of hydrazone groups is 1. The summed E-state index contributed by atoms with van der Waals surface area (Å²) in [7, 11) is 0. The Bertz CT molecular complexity index is 973. The predicted octanol–water partition coefficient (Wildman–Crippen LogP) is 0.701. The fourth-order valence-electron chi connectivity index (χ4n) is 2.88.